The molecular weight excluding hydrogens is 438 g/mol. The van der Waals surface area contributed by atoms with Gasteiger partial charge in [0.2, 0.25) is 0 Å². The largest absolute Gasteiger partial charge is 0.394 e. The fourth-order valence-corrected chi connectivity index (χ4v) is 4.74. The van der Waals surface area contributed by atoms with Gasteiger partial charge in [-0.2, -0.15) is 0 Å². The van der Waals surface area contributed by atoms with Crippen LogP contribution in [0.15, 0.2) is 36.4 Å². The van der Waals surface area contributed by atoms with E-state index in [2.05, 4.69) is 10.3 Å². The predicted molar refractivity (Wildman–Crippen MR) is 120 cm³/mol. The quantitative estimate of drug-likeness (QED) is 0.542. The first kappa shape index (κ1) is 22.4. The lowest BCUT2D eigenvalue weighted by molar-refractivity contribution is 0.0954. The molecule has 0 saturated carbocycles. The van der Waals surface area contributed by atoms with Crippen molar-refractivity contribution >= 4 is 38.4 Å². The molecular formula is C22H24F2N4O3S. The highest BCUT2D eigenvalue weighted by Crippen LogP contribution is 2.28. The molecule has 170 valence electrons. The van der Waals surface area contributed by atoms with Gasteiger partial charge in [-0.25, -0.2) is 18.6 Å². The van der Waals surface area contributed by atoms with Gasteiger partial charge < -0.3 is 20.0 Å². The van der Waals surface area contributed by atoms with Gasteiger partial charge in [0, 0.05) is 32.1 Å². The van der Waals surface area contributed by atoms with Gasteiger partial charge >= 0.3 is 6.03 Å². The molecule has 1 aliphatic rings. The molecule has 0 radical (unpaired) electrons. The molecule has 1 aromatic heterocycles. The van der Waals surface area contributed by atoms with E-state index >= 15 is 0 Å². The van der Waals surface area contributed by atoms with Crippen LogP contribution in [-0.4, -0.2) is 64.5 Å². The number of piperazine rings is 1. The summed E-state index contributed by atoms with van der Waals surface area (Å²) in [5, 5.41) is 21.7. The maximum absolute atomic E-state index is 14.7. The van der Waals surface area contributed by atoms with Crippen LogP contribution in [0.1, 0.15) is 12.5 Å². The molecule has 2 amide bonds. The average Bonchev–Trinajstić information content (AvgIpc) is 3.14. The van der Waals surface area contributed by atoms with Crippen molar-refractivity contribution in [1.29, 1.82) is 0 Å². The van der Waals surface area contributed by atoms with Gasteiger partial charge in [0.1, 0.15) is 11.6 Å². The number of carbonyl (C=O) groups excluding carboxylic acids is 1. The van der Waals surface area contributed by atoms with E-state index in [1.165, 1.54) is 29.5 Å². The Labute approximate surface area is 187 Å². The van der Waals surface area contributed by atoms with Gasteiger partial charge in [-0.1, -0.05) is 17.4 Å². The van der Waals surface area contributed by atoms with Crippen molar-refractivity contribution in [1.82, 2.24) is 9.88 Å². The number of aliphatic hydroxyl groups excluding tert-OH is 2. The molecule has 1 aliphatic heterocycles. The Bertz CT molecular complexity index is 1130. The van der Waals surface area contributed by atoms with Crippen LogP contribution in [-0.2, 0) is 6.42 Å². The number of thiazole rings is 1. The van der Waals surface area contributed by atoms with Crippen LogP contribution >= 0.6 is 11.3 Å². The second-order valence-corrected chi connectivity index (χ2v) is 8.91. The van der Waals surface area contributed by atoms with Crippen molar-refractivity contribution in [3.05, 3.63) is 53.6 Å². The van der Waals surface area contributed by atoms with E-state index in [1.807, 2.05) is 11.8 Å². The van der Waals surface area contributed by atoms with E-state index in [9.17, 15) is 18.7 Å². The molecule has 3 aromatic rings. The van der Waals surface area contributed by atoms with Crippen LogP contribution in [0, 0.1) is 11.6 Å². The number of benzene rings is 2. The molecule has 4 rings (SSSR count). The van der Waals surface area contributed by atoms with Crippen molar-refractivity contribution < 1.29 is 23.8 Å². The lowest BCUT2D eigenvalue weighted by Gasteiger charge is -2.40. The highest BCUT2D eigenvalue weighted by molar-refractivity contribution is 7.22. The third kappa shape index (κ3) is 4.82. The molecule has 0 bridgehead atoms. The van der Waals surface area contributed by atoms with Crippen LogP contribution in [0.2, 0.25) is 0 Å². The van der Waals surface area contributed by atoms with E-state index < -0.39 is 11.9 Å². The summed E-state index contributed by atoms with van der Waals surface area (Å²) < 4.78 is 28.7. The summed E-state index contributed by atoms with van der Waals surface area (Å²) in [4.78, 5) is 20.7. The van der Waals surface area contributed by atoms with E-state index in [-0.39, 0.29) is 30.9 Å². The van der Waals surface area contributed by atoms with Gasteiger partial charge in [-0.15, -0.1) is 0 Å². The molecule has 2 heterocycles. The molecule has 0 aliphatic carbocycles. The number of rotatable bonds is 5. The zero-order chi connectivity index (χ0) is 22.8. The molecule has 10 heteroatoms. The van der Waals surface area contributed by atoms with E-state index in [4.69, 9.17) is 5.11 Å². The Balaban J connectivity index is 1.39. The number of carbonyl (C=O) groups is 1. The molecule has 3 N–H and O–H groups in total. The Morgan fingerprint density at radius 3 is 2.81 bits per heavy atom. The first-order chi connectivity index (χ1) is 15.3. The minimum atomic E-state index is -0.920. The van der Waals surface area contributed by atoms with E-state index in [1.54, 1.807) is 23.1 Å². The summed E-state index contributed by atoms with van der Waals surface area (Å²) in [6.45, 7) is 2.82. The van der Waals surface area contributed by atoms with E-state index in [0.717, 1.165) is 0 Å². The number of urea groups is 1. The molecule has 0 unspecified atom stereocenters. The van der Waals surface area contributed by atoms with Crippen molar-refractivity contribution in [3.8, 4) is 0 Å². The van der Waals surface area contributed by atoms with Crippen LogP contribution in [0.4, 0.5) is 24.4 Å². The number of aliphatic hydroxyl groups is 2. The lowest BCUT2D eigenvalue weighted by Crippen LogP contribution is -2.55. The van der Waals surface area contributed by atoms with Gasteiger partial charge in [-0.3, -0.25) is 5.32 Å². The number of nitrogens with zero attached hydrogens (tertiary/aromatic N) is 3. The fourth-order valence-electron chi connectivity index (χ4n) is 3.86. The Kier molecular flexibility index (Phi) is 6.54. The van der Waals surface area contributed by atoms with Crippen molar-refractivity contribution in [2.75, 3.05) is 36.5 Å². The standard InChI is InChI=1S/C22H24F2N4O3S/c1-13-11-27(19-5-2-14(9-17(19)24)8-16(30)12-29)6-7-28(13)22(31)26-21-25-18-4-3-15(23)10-20(18)32-21/h2-5,9-10,13,16,29-30H,6-8,11-12H2,1H3,(H,25,26,31)/t13-,16-/m0/s1. The molecule has 1 saturated heterocycles. The second kappa shape index (κ2) is 9.35. The normalized spacial score (nSPS) is 17.6. The van der Waals surface area contributed by atoms with Gasteiger partial charge in [0.25, 0.3) is 0 Å². The minimum absolute atomic E-state index is 0.175. The SMILES string of the molecule is C[C@H]1CN(c2ccc(C[C@H](O)CO)cc2F)CCN1C(=O)Nc1nc2ccc(F)cc2s1. The lowest BCUT2D eigenvalue weighted by atomic mass is 10.1. The number of hydrogen-bond acceptors (Lipinski definition) is 6. The number of fused-ring (bicyclic) bond motifs is 1. The van der Waals surface area contributed by atoms with Crippen LogP contribution in [0.5, 0.6) is 0 Å². The van der Waals surface area contributed by atoms with Gasteiger partial charge in [0.05, 0.1) is 28.6 Å². The van der Waals surface area contributed by atoms with Crippen molar-refractivity contribution in [3.63, 3.8) is 0 Å². The molecule has 2 aromatic carbocycles. The minimum Gasteiger partial charge on any atom is -0.394 e. The molecule has 32 heavy (non-hydrogen) atoms. The summed E-state index contributed by atoms with van der Waals surface area (Å²) in [6.07, 6.45) is -0.743. The average molecular weight is 463 g/mol. The first-order valence-corrected chi connectivity index (χ1v) is 11.1. The topological polar surface area (TPSA) is 88.9 Å². The number of anilines is 2. The number of nitrogens with one attached hydrogen (secondary N) is 1. The van der Waals surface area contributed by atoms with Gasteiger partial charge in [-0.05, 0) is 42.8 Å². The Hall–Kier alpha value is -2.82. The summed E-state index contributed by atoms with van der Waals surface area (Å²) >= 11 is 1.21. The zero-order valence-electron chi connectivity index (χ0n) is 17.5. The van der Waals surface area contributed by atoms with Crippen molar-refractivity contribution in [2.45, 2.75) is 25.5 Å². The zero-order valence-corrected chi connectivity index (χ0v) is 18.3. The van der Waals surface area contributed by atoms with Crippen LogP contribution in [0.3, 0.4) is 0 Å². The predicted octanol–water partition coefficient (Wildman–Crippen LogP) is 3.21. The monoisotopic (exact) mass is 462 g/mol. The fraction of sp³-hybridized carbons (Fsp3) is 0.364. The number of amides is 2. The number of aromatic nitrogens is 1. The Morgan fingerprint density at radius 1 is 1.28 bits per heavy atom. The first-order valence-electron chi connectivity index (χ1n) is 10.3. The highest BCUT2D eigenvalue weighted by atomic mass is 32.1. The summed E-state index contributed by atoms with van der Waals surface area (Å²) in [7, 11) is 0. The van der Waals surface area contributed by atoms with Crippen LogP contribution in [0.25, 0.3) is 10.2 Å². The maximum atomic E-state index is 14.7. The van der Waals surface area contributed by atoms with Crippen molar-refractivity contribution in [2.24, 2.45) is 0 Å². The molecule has 2 atom stereocenters. The molecule has 7 nitrogen and oxygen atoms in total. The summed E-state index contributed by atoms with van der Waals surface area (Å²) in [5.41, 5.74) is 1.66. The maximum Gasteiger partial charge on any atom is 0.324 e. The number of halogens is 2. The third-order valence-electron chi connectivity index (χ3n) is 5.49. The van der Waals surface area contributed by atoms with Crippen LogP contribution < -0.4 is 10.2 Å². The Morgan fingerprint density at radius 2 is 2.09 bits per heavy atom. The highest BCUT2D eigenvalue weighted by Gasteiger charge is 2.29. The van der Waals surface area contributed by atoms with E-state index in [0.29, 0.717) is 46.2 Å². The molecule has 0 spiro atoms. The summed E-state index contributed by atoms with van der Waals surface area (Å²) in [5.74, 6) is -0.756. The smallest absolute Gasteiger partial charge is 0.324 e. The second-order valence-electron chi connectivity index (χ2n) is 7.88. The summed E-state index contributed by atoms with van der Waals surface area (Å²) in [6, 6.07) is 8.57. The molecule has 1 fully saturated rings. The van der Waals surface area contributed by atoms with Gasteiger partial charge in [0.15, 0.2) is 5.13 Å². The number of hydrogen-bond donors (Lipinski definition) is 3. The third-order valence-corrected chi connectivity index (χ3v) is 6.42.